The molecule has 60 valence electrons. The van der Waals surface area contributed by atoms with Crippen molar-refractivity contribution < 1.29 is 26.3 Å². The van der Waals surface area contributed by atoms with Crippen molar-refractivity contribution >= 4 is 0 Å². The van der Waals surface area contributed by atoms with Crippen molar-refractivity contribution in [1.82, 2.24) is 0 Å². The van der Waals surface area contributed by atoms with Crippen LogP contribution in [0.2, 0.25) is 0 Å². The summed E-state index contributed by atoms with van der Waals surface area (Å²) in [7, 11) is 0. The maximum atomic E-state index is 11.9. The highest BCUT2D eigenvalue weighted by Gasteiger charge is 2.99. The van der Waals surface area contributed by atoms with Gasteiger partial charge in [0.15, 0.2) is 0 Å². The molecule has 0 heterocycles. The van der Waals surface area contributed by atoms with Crippen LogP contribution in [-0.2, 0) is 0 Å². The lowest BCUT2D eigenvalue weighted by atomic mass is 10.4. The fraction of sp³-hybridized carbons (Fsp3) is 1.00. The van der Waals surface area contributed by atoms with Crippen LogP contribution in [0.3, 0.4) is 0 Å². The van der Waals surface area contributed by atoms with Gasteiger partial charge in [0, 0.05) is 0 Å². The quantitative estimate of drug-likeness (QED) is 0.519. The zero-order valence-electron chi connectivity index (χ0n) is 4.47. The molecule has 0 saturated heterocycles. The summed E-state index contributed by atoms with van der Waals surface area (Å²) in [4.78, 5) is 0. The summed E-state index contributed by atoms with van der Waals surface area (Å²) >= 11 is 0. The van der Waals surface area contributed by atoms with Gasteiger partial charge >= 0.3 is 11.8 Å². The standard InChI is InChI=1S/C4H2F6/c5-1-2(6)3(7,8)4(2,9)10/h1H2. The van der Waals surface area contributed by atoms with Crippen molar-refractivity contribution in [3.8, 4) is 0 Å². The zero-order valence-corrected chi connectivity index (χ0v) is 4.47. The van der Waals surface area contributed by atoms with E-state index in [2.05, 4.69) is 0 Å². The van der Waals surface area contributed by atoms with Crippen molar-refractivity contribution in [2.75, 3.05) is 6.67 Å². The van der Waals surface area contributed by atoms with Gasteiger partial charge in [-0.25, -0.2) is 8.78 Å². The molecule has 0 aromatic carbocycles. The second-order valence-electron chi connectivity index (χ2n) is 2.08. The van der Waals surface area contributed by atoms with E-state index in [1.165, 1.54) is 0 Å². The first-order valence-corrected chi connectivity index (χ1v) is 2.32. The van der Waals surface area contributed by atoms with Crippen LogP contribution in [-0.4, -0.2) is 24.2 Å². The molecule has 0 aromatic rings. The van der Waals surface area contributed by atoms with Crippen LogP contribution < -0.4 is 0 Å². The predicted octanol–water partition coefficient (Wildman–Crippen LogP) is 1.95. The third-order valence-electron chi connectivity index (χ3n) is 1.51. The fourth-order valence-corrected chi connectivity index (χ4v) is 0.607. The van der Waals surface area contributed by atoms with E-state index in [9.17, 15) is 26.3 Å². The van der Waals surface area contributed by atoms with Crippen LogP contribution in [0.15, 0.2) is 0 Å². The minimum absolute atomic E-state index is 2.35. The molecule has 1 fully saturated rings. The summed E-state index contributed by atoms with van der Waals surface area (Å²) in [6.07, 6.45) is 0. The lowest BCUT2D eigenvalue weighted by molar-refractivity contribution is -0.0278. The van der Waals surface area contributed by atoms with Gasteiger partial charge in [-0.05, 0) is 0 Å². The Morgan fingerprint density at radius 3 is 1.10 bits per heavy atom. The monoisotopic (exact) mass is 164 g/mol. The van der Waals surface area contributed by atoms with Gasteiger partial charge in [0.2, 0.25) is 0 Å². The van der Waals surface area contributed by atoms with Crippen LogP contribution in [0.5, 0.6) is 0 Å². The molecule has 1 saturated carbocycles. The largest absolute Gasteiger partial charge is 0.355 e. The number of rotatable bonds is 1. The van der Waals surface area contributed by atoms with E-state index in [-0.39, 0.29) is 0 Å². The maximum absolute atomic E-state index is 11.9. The van der Waals surface area contributed by atoms with Crippen molar-refractivity contribution in [1.29, 1.82) is 0 Å². The van der Waals surface area contributed by atoms with Crippen LogP contribution >= 0.6 is 0 Å². The first kappa shape index (κ1) is 7.68. The third-order valence-corrected chi connectivity index (χ3v) is 1.51. The van der Waals surface area contributed by atoms with Crippen molar-refractivity contribution in [3.05, 3.63) is 0 Å². The Bertz CT molecular complexity index is 147. The Morgan fingerprint density at radius 2 is 1.10 bits per heavy atom. The normalized spacial score (nSPS) is 31.8. The minimum Gasteiger partial charge on any atom is -0.247 e. The number of hydrogen-bond acceptors (Lipinski definition) is 0. The Balaban J connectivity index is 2.90. The molecule has 0 N–H and O–H groups in total. The van der Waals surface area contributed by atoms with E-state index in [1.54, 1.807) is 0 Å². The molecule has 0 amide bonds. The second-order valence-corrected chi connectivity index (χ2v) is 2.08. The van der Waals surface area contributed by atoms with Gasteiger partial charge in [-0.15, -0.1) is 0 Å². The summed E-state index contributed by atoms with van der Waals surface area (Å²) in [5.74, 6) is -9.65. The van der Waals surface area contributed by atoms with E-state index in [1.807, 2.05) is 0 Å². The van der Waals surface area contributed by atoms with Gasteiger partial charge in [-0.3, -0.25) is 0 Å². The van der Waals surface area contributed by atoms with Gasteiger partial charge < -0.3 is 0 Å². The summed E-state index contributed by atoms with van der Waals surface area (Å²) in [5.41, 5.74) is -4.25. The van der Waals surface area contributed by atoms with Gasteiger partial charge in [0.05, 0.1) is 0 Å². The smallest absolute Gasteiger partial charge is 0.247 e. The molecule has 0 unspecified atom stereocenters. The lowest BCUT2D eigenvalue weighted by Gasteiger charge is -1.93. The summed E-state index contributed by atoms with van der Waals surface area (Å²) in [5, 5.41) is 0. The molecule has 0 bridgehead atoms. The lowest BCUT2D eigenvalue weighted by Crippen LogP contribution is -2.15. The summed E-state index contributed by atoms with van der Waals surface area (Å²) in [6.45, 7) is -2.35. The minimum atomic E-state index is -4.82. The Kier molecular flexibility index (Phi) is 1.10. The molecule has 0 aliphatic heterocycles. The summed E-state index contributed by atoms with van der Waals surface area (Å²) < 4.78 is 69.5. The van der Waals surface area contributed by atoms with Crippen molar-refractivity contribution in [2.45, 2.75) is 17.5 Å². The van der Waals surface area contributed by atoms with Crippen LogP contribution in [0.1, 0.15) is 0 Å². The molecular formula is C4H2F6. The first-order valence-electron chi connectivity index (χ1n) is 2.32. The average Bonchev–Trinajstić information content (AvgIpc) is 2.11. The maximum Gasteiger partial charge on any atom is 0.355 e. The zero-order chi connectivity index (χ0) is 8.21. The van der Waals surface area contributed by atoms with Crippen LogP contribution in [0.4, 0.5) is 26.3 Å². The first-order chi connectivity index (χ1) is 4.31. The Morgan fingerprint density at radius 1 is 0.800 bits per heavy atom. The molecule has 0 radical (unpaired) electrons. The van der Waals surface area contributed by atoms with E-state index in [0.717, 1.165) is 0 Å². The molecule has 10 heavy (non-hydrogen) atoms. The molecule has 1 aliphatic rings. The number of alkyl halides is 6. The molecule has 0 spiro atoms. The van der Waals surface area contributed by atoms with E-state index >= 15 is 0 Å². The molecule has 0 atom stereocenters. The molecule has 1 aliphatic carbocycles. The van der Waals surface area contributed by atoms with E-state index in [4.69, 9.17) is 0 Å². The third kappa shape index (κ3) is 0.431. The molecule has 6 heteroatoms. The molecule has 1 rings (SSSR count). The van der Waals surface area contributed by atoms with Crippen molar-refractivity contribution in [3.63, 3.8) is 0 Å². The Labute approximate surface area is 51.8 Å². The van der Waals surface area contributed by atoms with Gasteiger partial charge in [-0.1, -0.05) is 0 Å². The van der Waals surface area contributed by atoms with Crippen LogP contribution in [0.25, 0.3) is 0 Å². The van der Waals surface area contributed by atoms with Gasteiger partial charge in [-0.2, -0.15) is 17.6 Å². The predicted molar refractivity (Wildman–Crippen MR) is 19.7 cm³/mol. The second kappa shape index (κ2) is 1.43. The highest BCUT2D eigenvalue weighted by molar-refractivity contribution is 5.28. The molecular weight excluding hydrogens is 162 g/mol. The Hall–Kier alpha value is -0.420. The highest BCUT2D eigenvalue weighted by atomic mass is 19.3. The molecule has 0 aromatic heterocycles. The average molecular weight is 164 g/mol. The van der Waals surface area contributed by atoms with Gasteiger partial charge in [0.1, 0.15) is 6.67 Å². The molecule has 0 nitrogen and oxygen atoms in total. The SMILES string of the molecule is FCC1(F)C(F)(F)C1(F)F. The van der Waals surface area contributed by atoms with E-state index < -0.39 is 24.2 Å². The van der Waals surface area contributed by atoms with Crippen molar-refractivity contribution in [2.24, 2.45) is 0 Å². The van der Waals surface area contributed by atoms with Crippen LogP contribution in [0, 0.1) is 0 Å². The fourth-order valence-electron chi connectivity index (χ4n) is 0.607. The number of hydrogen-bond donors (Lipinski definition) is 0. The summed E-state index contributed by atoms with van der Waals surface area (Å²) in [6, 6.07) is 0. The van der Waals surface area contributed by atoms with Gasteiger partial charge in [0.25, 0.3) is 5.67 Å². The topological polar surface area (TPSA) is 0 Å². The van der Waals surface area contributed by atoms with E-state index in [0.29, 0.717) is 0 Å². The number of halogens is 6. The highest BCUT2D eigenvalue weighted by Crippen LogP contribution is 2.68.